The molecule has 0 aromatic rings. The first kappa shape index (κ1) is 23.7. The normalized spacial score (nSPS) is 57.0. The Kier molecular flexibility index (Phi) is 5.31. The number of fused-ring (bicyclic) bond motifs is 2. The van der Waals surface area contributed by atoms with Crippen LogP contribution in [0.5, 0.6) is 0 Å². The molecule has 192 valence electrons. The van der Waals surface area contributed by atoms with Gasteiger partial charge in [-0.05, 0) is 37.1 Å². The quantitative estimate of drug-likeness (QED) is 0.545. The van der Waals surface area contributed by atoms with Gasteiger partial charge in [0.1, 0.15) is 6.10 Å². The van der Waals surface area contributed by atoms with Crippen LogP contribution in [0.3, 0.4) is 0 Å². The number of hydrogen-bond acceptors (Lipinski definition) is 7. The summed E-state index contributed by atoms with van der Waals surface area (Å²) in [6, 6.07) is 0.262. The summed E-state index contributed by atoms with van der Waals surface area (Å²) in [7, 11) is 7.45. The summed E-state index contributed by atoms with van der Waals surface area (Å²) in [5.74, 6) is 1.14. The van der Waals surface area contributed by atoms with Crippen LogP contribution in [0.4, 0.5) is 0 Å². The first-order chi connectivity index (χ1) is 16.3. The van der Waals surface area contributed by atoms with Crippen molar-refractivity contribution in [1.82, 2.24) is 4.90 Å². The number of piperidine rings is 1. The Balaban J connectivity index is 1.66. The van der Waals surface area contributed by atoms with E-state index in [1.165, 1.54) is 0 Å². The van der Waals surface area contributed by atoms with Crippen molar-refractivity contribution < 1.29 is 28.5 Å². The third kappa shape index (κ3) is 2.44. The molecule has 5 aliphatic carbocycles. The molecule has 1 aliphatic heterocycles. The molecule has 1 spiro atoms. The summed E-state index contributed by atoms with van der Waals surface area (Å²) in [6.07, 6.45) is 4.18. The fraction of sp³-hybridized carbons (Fsp3) is 0.963. The summed E-state index contributed by atoms with van der Waals surface area (Å²) in [5, 5.41) is 0. The maximum atomic E-state index is 12.6. The molecule has 5 saturated carbocycles. The summed E-state index contributed by atoms with van der Waals surface area (Å²) >= 11 is 0. The number of hydrogen-bond donors (Lipinski definition) is 0. The molecule has 7 bridgehead atoms. The van der Waals surface area contributed by atoms with E-state index in [9.17, 15) is 4.79 Å². The van der Waals surface area contributed by atoms with E-state index in [0.717, 1.165) is 38.8 Å². The second-order valence-corrected chi connectivity index (χ2v) is 12.4. The summed E-state index contributed by atoms with van der Waals surface area (Å²) in [6.45, 7) is 8.34. The van der Waals surface area contributed by atoms with Crippen LogP contribution in [-0.2, 0) is 28.5 Å². The van der Waals surface area contributed by atoms with E-state index in [4.69, 9.17) is 23.7 Å². The van der Waals surface area contributed by atoms with Crippen LogP contribution in [0.2, 0.25) is 0 Å². The topological polar surface area (TPSA) is 66.5 Å². The van der Waals surface area contributed by atoms with E-state index < -0.39 is 5.60 Å². The summed E-state index contributed by atoms with van der Waals surface area (Å²) in [5.41, 5.74) is -0.462. The molecule has 1 saturated heterocycles. The van der Waals surface area contributed by atoms with Gasteiger partial charge in [-0.1, -0.05) is 13.8 Å². The minimum atomic E-state index is -0.455. The molecular formula is C27H43NO6. The Morgan fingerprint density at radius 3 is 2.41 bits per heavy atom. The highest BCUT2D eigenvalue weighted by atomic mass is 16.6. The second kappa shape index (κ2) is 7.64. The first-order valence-electron chi connectivity index (χ1n) is 13.3. The molecule has 13 atom stereocenters. The molecule has 34 heavy (non-hydrogen) atoms. The lowest BCUT2D eigenvalue weighted by molar-refractivity contribution is -0.278. The van der Waals surface area contributed by atoms with Crippen molar-refractivity contribution in [2.45, 2.75) is 82.5 Å². The van der Waals surface area contributed by atoms with Gasteiger partial charge in [0.2, 0.25) is 0 Å². The van der Waals surface area contributed by atoms with Crippen molar-refractivity contribution >= 4 is 5.97 Å². The number of likely N-dealkylation sites (tertiary alicyclic amines) is 1. The van der Waals surface area contributed by atoms with E-state index >= 15 is 0 Å². The van der Waals surface area contributed by atoms with Crippen LogP contribution in [0, 0.1) is 40.4 Å². The number of rotatable bonds is 6. The molecule has 0 unspecified atom stereocenters. The standard InChI is InChI=1S/C27H43NO6/c1-8-28-13-25(3)10-9-18(31-5)27-16-11-15-17(30-4)12-26(33-7,19(16)21(15)32-6)20(24(27)28)22(23(25)27)34-14(2)29/h15-24H,8-13H2,1-7H3/t15-,16-,17+,18+,19-,20+,21+,22+,23-,24-,25+,26-,27+/m1/s1. The van der Waals surface area contributed by atoms with Gasteiger partial charge in [0.15, 0.2) is 0 Å². The van der Waals surface area contributed by atoms with Gasteiger partial charge in [0.25, 0.3) is 0 Å². The molecule has 6 rings (SSSR count). The molecule has 1 heterocycles. The minimum Gasteiger partial charge on any atom is -0.462 e. The number of ether oxygens (including phenoxy) is 5. The molecule has 6 fully saturated rings. The van der Waals surface area contributed by atoms with Crippen LogP contribution in [0.25, 0.3) is 0 Å². The lowest BCUT2D eigenvalue weighted by atomic mass is 9.43. The van der Waals surface area contributed by atoms with Crippen LogP contribution in [0.1, 0.15) is 46.5 Å². The van der Waals surface area contributed by atoms with Gasteiger partial charge < -0.3 is 23.7 Å². The van der Waals surface area contributed by atoms with E-state index in [1.54, 1.807) is 6.92 Å². The Hall–Kier alpha value is -0.730. The third-order valence-electron chi connectivity index (χ3n) is 11.8. The maximum Gasteiger partial charge on any atom is 0.302 e. The molecule has 0 radical (unpaired) electrons. The van der Waals surface area contributed by atoms with Gasteiger partial charge in [-0.25, -0.2) is 0 Å². The zero-order chi connectivity index (χ0) is 24.2. The average molecular weight is 478 g/mol. The van der Waals surface area contributed by atoms with Crippen molar-refractivity contribution in [2.75, 3.05) is 41.5 Å². The van der Waals surface area contributed by atoms with E-state index in [2.05, 4.69) is 18.7 Å². The van der Waals surface area contributed by atoms with Crippen molar-refractivity contribution in [3.8, 4) is 0 Å². The Morgan fingerprint density at radius 2 is 1.82 bits per heavy atom. The Morgan fingerprint density at radius 1 is 1.06 bits per heavy atom. The van der Waals surface area contributed by atoms with Crippen molar-refractivity contribution in [3.05, 3.63) is 0 Å². The lowest BCUT2D eigenvalue weighted by Crippen LogP contribution is -2.76. The number of carbonyl (C=O) groups excluding carboxylic acids is 1. The van der Waals surface area contributed by atoms with Crippen LogP contribution in [-0.4, -0.2) is 88.5 Å². The smallest absolute Gasteiger partial charge is 0.302 e. The number of carbonyl (C=O) groups is 1. The van der Waals surface area contributed by atoms with Crippen molar-refractivity contribution in [3.63, 3.8) is 0 Å². The lowest BCUT2D eigenvalue weighted by Gasteiger charge is -2.69. The number of nitrogens with zero attached hydrogens (tertiary/aromatic N) is 1. The summed E-state index contributed by atoms with van der Waals surface area (Å²) in [4.78, 5) is 15.3. The first-order valence-corrected chi connectivity index (χ1v) is 13.3. The highest BCUT2D eigenvalue weighted by molar-refractivity contribution is 5.66. The highest BCUT2D eigenvalue weighted by Crippen LogP contribution is 2.80. The van der Waals surface area contributed by atoms with Gasteiger partial charge >= 0.3 is 5.97 Å². The molecular weight excluding hydrogens is 434 g/mol. The summed E-state index contributed by atoms with van der Waals surface area (Å²) < 4.78 is 32.0. The van der Waals surface area contributed by atoms with Crippen molar-refractivity contribution in [2.24, 2.45) is 40.4 Å². The molecule has 0 amide bonds. The van der Waals surface area contributed by atoms with E-state index in [0.29, 0.717) is 11.8 Å². The Bertz CT molecular complexity index is 853. The average Bonchev–Trinajstić information content (AvgIpc) is 3.25. The van der Waals surface area contributed by atoms with Crippen molar-refractivity contribution in [1.29, 1.82) is 0 Å². The predicted molar refractivity (Wildman–Crippen MR) is 125 cm³/mol. The fourth-order valence-corrected chi connectivity index (χ4v) is 11.4. The van der Waals surface area contributed by atoms with Gasteiger partial charge in [0, 0.05) is 83.5 Å². The second-order valence-electron chi connectivity index (χ2n) is 12.4. The third-order valence-corrected chi connectivity index (χ3v) is 11.8. The zero-order valence-corrected chi connectivity index (χ0v) is 21.9. The van der Waals surface area contributed by atoms with Gasteiger partial charge in [-0.2, -0.15) is 0 Å². The Labute approximate surface area is 204 Å². The molecule has 0 aromatic heterocycles. The maximum absolute atomic E-state index is 12.6. The van der Waals surface area contributed by atoms with Crippen LogP contribution < -0.4 is 0 Å². The number of methoxy groups -OCH3 is 4. The van der Waals surface area contributed by atoms with Gasteiger partial charge in [0.05, 0.1) is 23.9 Å². The van der Waals surface area contributed by atoms with Crippen LogP contribution in [0.15, 0.2) is 0 Å². The van der Waals surface area contributed by atoms with Crippen LogP contribution >= 0.6 is 0 Å². The molecule has 0 N–H and O–H groups in total. The van der Waals surface area contributed by atoms with E-state index in [-0.39, 0.29) is 65.0 Å². The molecule has 6 aliphatic rings. The molecule has 7 nitrogen and oxygen atoms in total. The predicted octanol–water partition coefficient (Wildman–Crippen LogP) is 2.75. The zero-order valence-electron chi connectivity index (χ0n) is 21.9. The van der Waals surface area contributed by atoms with E-state index in [1.807, 2.05) is 28.4 Å². The SMILES string of the molecule is CCN1C[C@]2(C)CC[C@H](OC)[C@@]34[C@@H]5C[C@H]6[C@H](OC)[C@@H]5[C@](OC)(C[C@@H]6OC)[C@@H]([C@H](OC(C)=O)[C@H]23)[C@@H]14. The molecule has 0 aromatic carbocycles. The monoisotopic (exact) mass is 477 g/mol. The largest absolute Gasteiger partial charge is 0.462 e. The highest BCUT2D eigenvalue weighted by Gasteiger charge is 2.87. The number of esters is 1. The van der Waals surface area contributed by atoms with Gasteiger partial charge in [-0.3, -0.25) is 9.69 Å². The molecule has 7 heteroatoms. The fourth-order valence-electron chi connectivity index (χ4n) is 11.4. The minimum absolute atomic E-state index is 0.0690. The van der Waals surface area contributed by atoms with Gasteiger partial charge in [-0.15, -0.1) is 0 Å².